The highest BCUT2D eigenvalue weighted by Gasteiger charge is 2.29. The van der Waals surface area contributed by atoms with E-state index in [1.165, 1.54) is 44.1 Å². The molecule has 6 aromatic rings. The van der Waals surface area contributed by atoms with Gasteiger partial charge in [0.1, 0.15) is 0 Å². The number of rotatable bonds is 8. The molecule has 2 aromatic heterocycles. The highest BCUT2D eigenvalue weighted by molar-refractivity contribution is 5.88. The van der Waals surface area contributed by atoms with Crippen molar-refractivity contribution in [2.24, 2.45) is 0 Å². The van der Waals surface area contributed by atoms with Crippen LogP contribution in [0, 0.1) is 0 Å². The molecule has 184 valence electrons. The summed E-state index contributed by atoms with van der Waals surface area (Å²) in [6.45, 7) is 5.57. The molecule has 2 atom stereocenters. The van der Waals surface area contributed by atoms with E-state index in [9.17, 15) is 0 Å². The van der Waals surface area contributed by atoms with E-state index in [4.69, 9.17) is 0 Å². The number of H-pyrrole nitrogens is 2. The molecule has 0 saturated carbocycles. The predicted molar refractivity (Wildman–Crippen MR) is 155 cm³/mol. The van der Waals surface area contributed by atoms with E-state index in [-0.39, 0.29) is 18.0 Å². The van der Waals surface area contributed by atoms with Gasteiger partial charge in [-0.1, -0.05) is 97.1 Å². The maximum absolute atomic E-state index is 3.55. The van der Waals surface area contributed by atoms with Crippen molar-refractivity contribution in [1.82, 2.24) is 14.9 Å². The average Bonchev–Trinajstić information content (AvgIpc) is 3.59. The SMILES string of the molecule is C[C@H](c1ccccc1)N(CC(c1c[nH]c2ccccc12)c1c[nH]c2ccccc12)[C@H](C)c1ccccc1. The number of hydrogen-bond donors (Lipinski definition) is 2. The molecule has 0 radical (unpaired) electrons. The lowest BCUT2D eigenvalue weighted by molar-refractivity contribution is 0.149. The third kappa shape index (κ3) is 4.47. The smallest absolute Gasteiger partial charge is 0.0457 e. The molecule has 6 rings (SSSR count). The van der Waals surface area contributed by atoms with Crippen LogP contribution < -0.4 is 0 Å². The molecule has 2 N–H and O–H groups in total. The molecule has 0 spiro atoms. The Morgan fingerprint density at radius 1 is 0.541 bits per heavy atom. The van der Waals surface area contributed by atoms with Crippen LogP contribution in [0.15, 0.2) is 122 Å². The predicted octanol–water partition coefficient (Wildman–Crippen LogP) is 8.61. The minimum atomic E-state index is 0.185. The Kier molecular flexibility index (Phi) is 6.38. The van der Waals surface area contributed by atoms with Crippen LogP contribution >= 0.6 is 0 Å². The van der Waals surface area contributed by atoms with Gasteiger partial charge < -0.3 is 9.97 Å². The number of aromatic amines is 2. The van der Waals surface area contributed by atoms with E-state index in [0.717, 1.165) is 6.54 Å². The summed E-state index contributed by atoms with van der Waals surface area (Å²) in [6.07, 6.45) is 4.44. The van der Waals surface area contributed by atoms with E-state index >= 15 is 0 Å². The van der Waals surface area contributed by atoms with Gasteiger partial charge in [0.2, 0.25) is 0 Å². The van der Waals surface area contributed by atoms with Crippen LogP contribution in [0.25, 0.3) is 21.8 Å². The number of aromatic nitrogens is 2. The fraction of sp³-hybridized carbons (Fsp3) is 0.176. The fourth-order valence-corrected chi connectivity index (χ4v) is 5.84. The lowest BCUT2D eigenvalue weighted by Gasteiger charge is -2.38. The largest absolute Gasteiger partial charge is 0.361 e. The standard InChI is InChI=1S/C34H33N3/c1-24(26-13-5-3-6-14-26)37(25(2)27-15-7-4-8-16-27)23-32(30-21-35-33-19-11-9-17-28(30)33)31-22-36-34-20-12-10-18-29(31)34/h3-22,24-25,32,35-36H,23H2,1-2H3/t24-,25-/m1/s1. The van der Waals surface area contributed by atoms with Crippen molar-refractivity contribution in [1.29, 1.82) is 0 Å². The van der Waals surface area contributed by atoms with Gasteiger partial charge in [-0.25, -0.2) is 0 Å². The lowest BCUT2D eigenvalue weighted by Crippen LogP contribution is -2.34. The Bertz CT molecular complexity index is 1480. The third-order valence-corrected chi connectivity index (χ3v) is 7.95. The summed E-state index contributed by atoms with van der Waals surface area (Å²) in [6, 6.07) is 39.6. The number of fused-ring (bicyclic) bond motifs is 2. The Morgan fingerprint density at radius 2 is 0.946 bits per heavy atom. The van der Waals surface area contributed by atoms with Gasteiger partial charge in [0.25, 0.3) is 0 Å². The lowest BCUT2D eigenvalue weighted by atomic mass is 9.88. The van der Waals surface area contributed by atoms with E-state index in [2.05, 4.69) is 150 Å². The van der Waals surface area contributed by atoms with Crippen molar-refractivity contribution in [3.8, 4) is 0 Å². The van der Waals surface area contributed by atoms with Gasteiger partial charge in [-0.3, -0.25) is 4.90 Å². The van der Waals surface area contributed by atoms with Gasteiger partial charge in [-0.15, -0.1) is 0 Å². The van der Waals surface area contributed by atoms with E-state index in [0.29, 0.717) is 0 Å². The van der Waals surface area contributed by atoms with Crippen molar-refractivity contribution in [2.45, 2.75) is 31.8 Å². The Hall–Kier alpha value is -4.08. The maximum Gasteiger partial charge on any atom is 0.0457 e. The van der Waals surface area contributed by atoms with Gasteiger partial charge in [0.05, 0.1) is 0 Å². The van der Waals surface area contributed by atoms with E-state index in [1.807, 2.05) is 0 Å². The normalized spacial score (nSPS) is 13.5. The van der Waals surface area contributed by atoms with Gasteiger partial charge in [0, 0.05) is 58.7 Å². The molecule has 0 aliphatic rings. The molecule has 2 heterocycles. The molecule has 0 unspecified atom stereocenters. The van der Waals surface area contributed by atoms with Crippen LogP contribution in [0.3, 0.4) is 0 Å². The molecule has 0 saturated heterocycles. The van der Waals surface area contributed by atoms with Crippen LogP contribution in [0.4, 0.5) is 0 Å². The summed E-state index contributed by atoms with van der Waals surface area (Å²) < 4.78 is 0. The van der Waals surface area contributed by atoms with Crippen LogP contribution in [-0.2, 0) is 0 Å². The second kappa shape index (κ2) is 10.1. The Morgan fingerprint density at radius 3 is 1.41 bits per heavy atom. The van der Waals surface area contributed by atoms with Gasteiger partial charge in [0.15, 0.2) is 0 Å². The summed E-state index contributed by atoms with van der Waals surface area (Å²) in [4.78, 5) is 9.76. The third-order valence-electron chi connectivity index (χ3n) is 7.95. The number of nitrogens with one attached hydrogen (secondary N) is 2. The zero-order chi connectivity index (χ0) is 25.2. The minimum absolute atomic E-state index is 0.185. The van der Waals surface area contributed by atoms with E-state index < -0.39 is 0 Å². The summed E-state index contributed by atoms with van der Waals surface area (Å²) in [5, 5.41) is 2.58. The number of nitrogens with zero attached hydrogens (tertiary/aromatic N) is 1. The zero-order valence-electron chi connectivity index (χ0n) is 21.4. The average molecular weight is 484 g/mol. The maximum atomic E-state index is 3.55. The molecule has 37 heavy (non-hydrogen) atoms. The van der Waals surface area contributed by atoms with Crippen LogP contribution in [-0.4, -0.2) is 21.4 Å². The quantitative estimate of drug-likeness (QED) is 0.223. The molecule has 0 aliphatic heterocycles. The molecule has 0 aliphatic carbocycles. The van der Waals surface area contributed by atoms with Crippen LogP contribution in [0.5, 0.6) is 0 Å². The van der Waals surface area contributed by atoms with Crippen molar-refractivity contribution >= 4 is 21.8 Å². The first-order valence-electron chi connectivity index (χ1n) is 13.2. The molecule has 0 amide bonds. The second-order valence-corrected chi connectivity index (χ2v) is 10.0. The summed E-state index contributed by atoms with van der Waals surface area (Å²) in [5.74, 6) is 0.185. The van der Waals surface area contributed by atoms with Gasteiger partial charge in [-0.2, -0.15) is 0 Å². The number of para-hydroxylation sites is 2. The molecule has 0 bridgehead atoms. The molecule has 3 nitrogen and oxygen atoms in total. The Labute approximate surface area is 218 Å². The first-order chi connectivity index (χ1) is 18.2. The van der Waals surface area contributed by atoms with Crippen molar-refractivity contribution in [3.05, 3.63) is 144 Å². The Balaban J connectivity index is 1.50. The first-order valence-corrected chi connectivity index (χ1v) is 13.2. The van der Waals surface area contributed by atoms with Crippen molar-refractivity contribution < 1.29 is 0 Å². The second-order valence-electron chi connectivity index (χ2n) is 10.0. The highest BCUT2D eigenvalue weighted by Crippen LogP contribution is 2.39. The number of benzene rings is 4. The van der Waals surface area contributed by atoms with Gasteiger partial charge >= 0.3 is 0 Å². The van der Waals surface area contributed by atoms with Crippen LogP contribution in [0.1, 0.15) is 54.1 Å². The molecule has 4 aromatic carbocycles. The first kappa shape index (κ1) is 23.3. The monoisotopic (exact) mass is 483 g/mol. The van der Waals surface area contributed by atoms with Crippen molar-refractivity contribution in [2.75, 3.05) is 6.54 Å². The molecule has 0 fully saturated rings. The topological polar surface area (TPSA) is 34.8 Å². The minimum Gasteiger partial charge on any atom is -0.361 e. The van der Waals surface area contributed by atoms with Gasteiger partial charge in [-0.05, 0) is 48.2 Å². The number of hydrogen-bond acceptors (Lipinski definition) is 1. The van der Waals surface area contributed by atoms with Crippen LogP contribution in [0.2, 0.25) is 0 Å². The summed E-state index contributed by atoms with van der Waals surface area (Å²) in [5.41, 5.74) is 7.71. The molecular formula is C34H33N3. The van der Waals surface area contributed by atoms with Crippen molar-refractivity contribution in [3.63, 3.8) is 0 Å². The van der Waals surface area contributed by atoms with E-state index in [1.54, 1.807) is 0 Å². The summed E-state index contributed by atoms with van der Waals surface area (Å²) >= 11 is 0. The molecular weight excluding hydrogens is 450 g/mol. The fourth-order valence-electron chi connectivity index (χ4n) is 5.84. The zero-order valence-corrected chi connectivity index (χ0v) is 21.4. The molecule has 3 heteroatoms. The highest BCUT2D eigenvalue weighted by atomic mass is 15.2. The summed E-state index contributed by atoms with van der Waals surface area (Å²) in [7, 11) is 0.